The number of benzene rings is 1. The molecule has 16 heavy (non-hydrogen) atoms. The van der Waals surface area contributed by atoms with Crippen molar-refractivity contribution < 1.29 is 16.8 Å². The summed E-state index contributed by atoms with van der Waals surface area (Å²) in [6, 6.07) is 5.00. The van der Waals surface area contributed by atoms with Crippen LogP contribution in [0.5, 0.6) is 0 Å². The highest BCUT2D eigenvalue weighted by Crippen LogP contribution is 2.13. The lowest BCUT2D eigenvalue weighted by Crippen LogP contribution is -2.23. The summed E-state index contributed by atoms with van der Waals surface area (Å²) in [5.41, 5.74) is 0. The molecule has 1 rings (SSSR count). The zero-order chi connectivity index (χ0) is 12.4. The molecular formula is C9H12NO4S2. The van der Waals surface area contributed by atoms with Gasteiger partial charge in [0.25, 0.3) is 0 Å². The third kappa shape index (κ3) is 3.03. The normalized spacial score (nSPS) is 12.6. The zero-order valence-electron chi connectivity index (χ0n) is 8.67. The molecule has 0 atom stereocenters. The van der Waals surface area contributed by atoms with Crippen LogP contribution in [0.3, 0.4) is 0 Å². The molecule has 7 heteroatoms. The molecule has 1 aromatic rings. The van der Waals surface area contributed by atoms with Crippen LogP contribution in [0, 0.1) is 6.92 Å². The SMILES string of the molecule is [CH2]CNS(=O)(=O)c1ccc(S(C)(=O)=O)cc1. The molecule has 0 bridgehead atoms. The van der Waals surface area contributed by atoms with Gasteiger partial charge in [0.1, 0.15) is 0 Å². The van der Waals surface area contributed by atoms with Crippen molar-refractivity contribution >= 4 is 19.9 Å². The second kappa shape index (κ2) is 4.52. The first-order chi connectivity index (χ1) is 7.27. The van der Waals surface area contributed by atoms with Crippen LogP contribution in [0.4, 0.5) is 0 Å². The van der Waals surface area contributed by atoms with Crippen molar-refractivity contribution in [2.24, 2.45) is 0 Å². The third-order valence-corrected chi connectivity index (χ3v) is 4.46. The molecule has 0 aliphatic carbocycles. The van der Waals surface area contributed by atoms with Crippen LogP contribution in [0.1, 0.15) is 0 Å². The van der Waals surface area contributed by atoms with E-state index in [1.165, 1.54) is 24.3 Å². The minimum absolute atomic E-state index is 0.0172. The maximum atomic E-state index is 11.5. The fourth-order valence-corrected chi connectivity index (χ4v) is 2.64. The molecule has 0 saturated carbocycles. The van der Waals surface area contributed by atoms with Gasteiger partial charge in [-0.1, -0.05) is 0 Å². The summed E-state index contributed by atoms with van der Waals surface area (Å²) in [5, 5.41) is 0. The van der Waals surface area contributed by atoms with Crippen LogP contribution in [-0.2, 0) is 19.9 Å². The average Bonchev–Trinajstić information content (AvgIpc) is 2.16. The van der Waals surface area contributed by atoms with Gasteiger partial charge in [-0.05, 0) is 31.2 Å². The monoisotopic (exact) mass is 262 g/mol. The Balaban J connectivity index is 3.15. The Morgan fingerprint density at radius 2 is 1.50 bits per heavy atom. The lowest BCUT2D eigenvalue weighted by atomic mass is 10.4. The van der Waals surface area contributed by atoms with Crippen LogP contribution in [0.2, 0.25) is 0 Å². The molecule has 0 unspecified atom stereocenters. The standard InChI is InChI=1S/C9H12NO4S2/c1-3-10-16(13,14)9-6-4-8(5-7-9)15(2,11)12/h4-7,10H,1,3H2,2H3. The van der Waals surface area contributed by atoms with Crippen molar-refractivity contribution in [3.8, 4) is 0 Å². The van der Waals surface area contributed by atoms with Crippen molar-refractivity contribution in [1.29, 1.82) is 0 Å². The number of hydrogen-bond acceptors (Lipinski definition) is 4. The number of nitrogens with one attached hydrogen (secondary N) is 1. The van der Waals surface area contributed by atoms with Crippen molar-refractivity contribution in [3.05, 3.63) is 31.2 Å². The first kappa shape index (κ1) is 13.1. The van der Waals surface area contributed by atoms with Crippen LogP contribution in [0.15, 0.2) is 34.1 Å². The maximum absolute atomic E-state index is 11.5. The molecule has 0 aliphatic rings. The highest BCUT2D eigenvalue weighted by molar-refractivity contribution is 7.90. The molecule has 89 valence electrons. The van der Waals surface area contributed by atoms with Gasteiger partial charge in [0, 0.05) is 12.8 Å². The third-order valence-electron chi connectivity index (χ3n) is 1.85. The Labute approximate surface area is 95.5 Å². The molecule has 0 amide bonds. The predicted octanol–water partition coefficient (Wildman–Crippen LogP) is 0.202. The van der Waals surface area contributed by atoms with Gasteiger partial charge in [-0.3, -0.25) is 0 Å². The largest absolute Gasteiger partial charge is 0.240 e. The van der Waals surface area contributed by atoms with Crippen molar-refractivity contribution in [1.82, 2.24) is 4.72 Å². The number of sulfonamides is 1. The van der Waals surface area contributed by atoms with E-state index in [1.54, 1.807) is 0 Å². The summed E-state index contributed by atoms with van der Waals surface area (Å²) in [7, 11) is -6.88. The van der Waals surface area contributed by atoms with Crippen LogP contribution >= 0.6 is 0 Å². The van der Waals surface area contributed by atoms with E-state index in [9.17, 15) is 16.8 Å². The summed E-state index contributed by atoms with van der Waals surface area (Å²) >= 11 is 0. The Morgan fingerprint density at radius 3 is 1.88 bits per heavy atom. The van der Waals surface area contributed by atoms with Gasteiger partial charge < -0.3 is 0 Å². The Kier molecular flexibility index (Phi) is 3.72. The highest BCUT2D eigenvalue weighted by Gasteiger charge is 2.14. The van der Waals surface area contributed by atoms with E-state index in [-0.39, 0.29) is 16.3 Å². The summed E-state index contributed by atoms with van der Waals surface area (Å²) in [6.07, 6.45) is 1.06. The zero-order valence-corrected chi connectivity index (χ0v) is 10.3. The lowest BCUT2D eigenvalue weighted by molar-refractivity contribution is 0.584. The van der Waals surface area contributed by atoms with Gasteiger partial charge in [-0.25, -0.2) is 21.6 Å². The first-order valence-corrected chi connectivity index (χ1v) is 7.74. The number of rotatable bonds is 4. The van der Waals surface area contributed by atoms with Gasteiger partial charge in [-0.15, -0.1) is 0 Å². The van der Waals surface area contributed by atoms with E-state index in [2.05, 4.69) is 11.6 Å². The second-order valence-corrected chi connectivity index (χ2v) is 6.92. The summed E-state index contributed by atoms with van der Waals surface area (Å²) in [4.78, 5) is 0.102. The van der Waals surface area contributed by atoms with E-state index in [1.807, 2.05) is 0 Å². The van der Waals surface area contributed by atoms with Gasteiger partial charge >= 0.3 is 0 Å². The molecule has 0 aliphatic heterocycles. The second-order valence-electron chi connectivity index (χ2n) is 3.14. The fraction of sp³-hybridized carbons (Fsp3) is 0.222. The average molecular weight is 262 g/mol. The van der Waals surface area contributed by atoms with Gasteiger partial charge in [0.15, 0.2) is 9.84 Å². The van der Waals surface area contributed by atoms with Gasteiger partial charge in [0.05, 0.1) is 9.79 Å². The van der Waals surface area contributed by atoms with E-state index < -0.39 is 19.9 Å². The fourth-order valence-electron chi connectivity index (χ4n) is 1.08. The van der Waals surface area contributed by atoms with E-state index in [4.69, 9.17) is 0 Å². The lowest BCUT2D eigenvalue weighted by Gasteiger charge is -2.04. The molecule has 5 nitrogen and oxygen atoms in total. The molecule has 0 aromatic heterocycles. The highest BCUT2D eigenvalue weighted by atomic mass is 32.2. The summed E-state index contributed by atoms with van der Waals surface area (Å²) in [5.74, 6) is 0. The van der Waals surface area contributed by atoms with E-state index >= 15 is 0 Å². The Bertz CT molecular complexity index is 558. The van der Waals surface area contributed by atoms with Crippen LogP contribution < -0.4 is 4.72 Å². The first-order valence-electron chi connectivity index (χ1n) is 4.36. The molecule has 1 N–H and O–H groups in total. The summed E-state index contributed by atoms with van der Waals surface area (Å²) < 4.78 is 47.5. The maximum Gasteiger partial charge on any atom is 0.240 e. The van der Waals surface area contributed by atoms with E-state index in [0.717, 1.165) is 6.26 Å². The smallest absolute Gasteiger partial charge is 0.224 e. The minimum atomic E-state index is -3.58. The minimum Gasteiger partial charge on any atom is -0.224 e. The molecule has 0 saturated heterocycles. The van der Waals surface area contributed by atoms with Gasteiger partial charge in [-0.2, -0.15) is 0 Å². The summed E-state index contributed by atoms with van der Waals surface area (Å²) in [6.45, 7) is 3.40. The Hall–Kier alpha value is -0.920. The van der Waals surface area contributed by atoms with Crippen molar-refractivity contribution in [3.63, 3.8) is 0 Å². The quantitative estimate of drug-likeness (QED) is 0.840. The number of sulfone groups is 1. The molecular weight excluding hydrogens is 250 g/mol. The molecule has 0 heterocycles. The molecule has 0 fully saturated rings. The predicted molar refractivity (Wildman–Crippen MR) is 60.1 cm³/mol. The van der Waals surface area contributed by atoms with Crippen molar-refractivity contribution in [2.75, 3.05) is 12.8 Å². The topological polar surface area (TPSA) is 80.3 Å². The van der Waals surface area contributed by atoms with Gasteiger partial charge in [0.2, 0.25) is 10.0 Å². The van der Waals surface area contributed by atoms with E-state index in [0.29, 0.717) is 0 Å². The van der Waals surface area contributed by atoms with Crippen LogP contribution in [-0.4, -0.2) is 29.6 Å². The number of hydrogen-bond donors (Lipinski definition) is 1. The Morgan fingerprint density at radius 1 is 1.06 bits per heavy atom. The molecule has 1 radical (unpaired) electrons. The molecule has 0 spiro atoms. The molecule has 1 aromatic carbocycles. The van der Waals surface area contributed by atoms with Crippen LogP contribution in [0.25, 0.3) is 0 Å². The van der Waals surface area contributed by atoms with Crippen molar-refractivity contribution in [2.45, 2.75) is 9.79 Å².